The van der Waals surface area contributed by atoms with E-state index in [0.717, 1.165) is 22.3 Å². The Kier molecular flexibility index (Phi) is 4.53. The number of aromatic nitrogens is 3. The summed E-state index contributed by atoms with van der Waals surface area (Å²) in [6, 6.07) is 25.0. The first-order valence-corrected chi connectivity index (χ1v) is 8.67. The minimum absolute atomic E-state index is 0.154. The predicted molar refractivity (Wildman–Crippen MR) is 105 cm³/mol. The molecule has 0 unspecified atom stereocenters. The molecular weight excluding hydrogens is 338 g/mol. The van der Waals surface area contributed by atoms with E-state index in [1.54, 1.807) is 5.01 Å². The molecule has 6 nitrogen and oxygen atoms in total. The molecule has 0 bridgehead atoms. The highest BCUT2D eigenvalue weighted by atomic mass is 16.2. The fourth-order valence-corrected chi connectivity index (χ4v) is 2.90. The molecule has 0 atom stereocenters. The molecule has 0 spiro atoms. The van der Waals surface area contributed by atoms with Crippen molar-refractivity contribution in [2.75, 3.05) is 12.1 Å². The monoisotopic (exact) mass is 357 g/mol. The minimum atomic E-state index is -0.154. The van der Waals surface area contributed by atoms with Gasteiger partial charge in [-0.15, -0.1) is 5.10 Å². The van der Waals surface area contributed by atoms with Crippen LogP contribution in [0.15, 0.2) is 78.9 Å². The van der Waals surface area contributed by atoms with Crippen molar-refractivity contribution in [3.8, 4) is 0 Å². The highest BCUT2D eigenvalue weighted by Gasteiger charge is 2.09. The van der Waals surface area contributed by atoms with Gasteiger partial charge in [-0.25, -0.2) is 4.68 Å². The molecule has 1 amide bonds. The van der Waals surface area contributed by atoms with E-state index in [4.69, 9.17) is 0 Å². The van der Waals surface area contributed by atoms with Crippen LogP contribution in [0.3, 0.4) is 0 Å². The number of benzene rings is 3. The van der Waals surface area contributed by atoms with Crippen molar-refractivity contribution < 1.29 is 4.79 Å². The van der Waals surface area contributed by atoms with E-state index in [-0.39, 0.29) is 5.91 Å². The van der Waals surface area contributed by atoms with E-state index < -0.39 is 0 Å². The lowest BCUT2D eigenvalue weighted by molar-refractivity contribution is 0.0951. The number of amides is 1. The maximum Gasteiger partial charge on any atom is 0.269 e. The van der Waals surface area contributed by atoms with Gasteiger partial charge in [0.25, 0.3) is 5.91 Å². The molecule has 0 aliphatic heterocycles. The normalized spacial score (nSPS) is 10.7. The van der Waals surface area contributed by atoms with Crippen LogP contribution >= 0.6 is 0 Å². The Morgan fingerprint density at radius 3 is 2.44 bits per heavy atom. The second kappa shape index (κ2) is 7.29. The van der Waals surface area contributed by atoms with Gasteiger partial charge in [0.15, 0.2) is 0 Å². The fraction of sp³-hybridized carbons (Fsp3) is 0.0952. The Morgan fingerprint density at radius 2 is 1.67 bits per heavy atom. The molecular formula is C21H19N5O. The lowest BCUT2D eigenvalue weighted by Crippen LogP contribution is -2.39. The average Bonchev–Trinajstić information content (AvgIpc) is 3.12. The first kappa shape index (κ1) is 16.8. The molecule has 1 aromatic heterocycles. The van der Waals surface area contributed by atoms with E-state index in [2.05, 4.69) is 15.7 Å². The van der Waals surface area contributed by atoms with E-state index >= 15 is 0 Å². The van der Waals surface area contributed by atoms with Gasteiger partial charge in [-0.05, 0) is 42.0 Å². The van der Waals surface area contributed by atoms with Crippen molar-refractivity contribution in [2.45, 2.75) is 6.54 Å². The molecule has 27 heavy (non-hydrogen) atoms. The third kappa shape index (κ3) is 3.64. The van der Waals surface area contributed by atoms with Gasteiger partial charge in [0.2, 0.25) is 0 Å². The highest BCUT2D eigenvalue weighted by Crippen LogP contribution is 2.13. The first-order valence-electron chi connectivity index (χ1n) is 8.67. The molecule has 4 aromatic rings. The highest BCUT2D eigenvalue weighted by molar-refractivity contribution is 5.95. The maximum absolute atomic E-state index is 12.5. The summed E-state index contributed by atoms with van der Waals surface area (Å²) in [5.74, 6) is -0.154. The molecule has 0 saturated carbocycles. The van der Waals surface area contributed by atoms with Crippen LogP contribution in [0.1, 0.15) is 15.9 Å². The van der Waals surface area contributed by atoms with Crippen LogP contribution in [-0.2, 0) is 6.54 Å². The minimum Gasteiger partial charge on any atom is -0.288 e. The van der Waals surface area contributed by atoms with Gasteiger partial charge in [0, 0.05) is 12.6 Å². The molecule has 4 rings (SSSR count). The smallest absolute Gasteiger partial charge is 0.269 e. The number of para-hydroxylation sites is 2. The number of fused-ring (bicyclic) bond motifs is 1. The van der Waals surface area contributed by atoms with Gasteiger partial charge in [0.05, 0.1) is 17.7 Å². The van der Waals surface area contributed by atoms with Crippen molar-refractivity contribution in [3.63, 3.8) is 0 Å². The maximum atomic E-state index is 12.5. The van der Waals surface area contributed by atoms with Crippen molar-refractivity contribution >= 4 is 22.6 Å². The quantitative estimate of drug-likeness (QED) is 0.557. The SMILES string of the molecule is CN(NC(=O)c1ccc(Cn2nnc3ccccc32)cc1)c1ccccc1. The second-order valence-electron chi connectivity index (χ2n) is 6.27. The largest absolute Gasteiger partial charge is 0.288 e. The van der Waals surface area contributed by atoms with Gasteiger partial charge in [-0.2, -0.15) is 0 Å². The standard InChI is InChI=1S/C21H19N5O/c1-25(18-7-3-2-4-8-18)23-21(27)17-13-11-16(12-14-17)15-26-20-10-6-5-9-19(20)22-24-26/h2-14H,15H2,1H3,(H,23,27). The Hall–Kier alpha value is -3.67. The number of carbonyl (C=O) groups is 1. The molecule has 0 saturated heterocycles. The van der Waals surface area contributed by atoms with Crippen LogP contribution in [0, 0.1) is 0 Å². The van der Waals surface area contributed by atoms with E-state index in [1.165, 1.54) is 0 Å². The van der Waals surface area contributed by atoms with E-state index in [9.17, 15) is 4.79 Å². The van der Waals surface area contributed by atoms with Crippen molar-refractivity contribution in [2.24, 2.45) is 0 Å². The second-order valence-corrected chi connectivity index (χ2v) is 6.27. The van der Waals surface area contributed by atoms with Gasteiger partial charge in [0.1, 0.15) is 5.52 Å². The molecule has 134 valence electrons. The summed E-state index contributed by atoms with van der Waals surface area (Å²) in [7, 11) is 1.82. The van der Waals surface area contributed by atoms with Crippen LogP contribution < -0.4 is 10.4 Å². The molecule has 6 heteroatoms. The first-order chi connectivity index (χ1) is 13.2. The lowest BCUT2D eigenvalue weighted by Gasteiger charge is -2.20. The number of carbonyl (C=O) groups excluding carboxylic acids is 1. The zero-order valence-electron chi connectivity index (χ0n) is 14.9. The third-order valence-electron chi connectivity index (χ3n) is 4.38. The van der Waals surface area contributed by atoms with Crippen LogP contribution in [0.2, 0.25) is 0 Å². The molecule has 1 heterocycles. The Labute approximate surface area is 157 Å². The van der Waals surface area contributed by atoms with E-state index in [0.29, 0.717) is 12.1 Å². The number of nitrogens with zero attached hydrogens (tertiary/aromatic N) is 4. The number of rotatable bonds is 5. The van der Waals surface area contributed by atoms with Crippen LogP contribution in [0.25, 0.3) is 11.0 Å². The number of anilines is 1. The zero-order valence-corrected chi connectivity index (χ0v) is 14.9. The van der Waals surface area contributed by atoms with Crippen molar-refractivity contribution in [1.29, 1.82) is 0 Å². The van der Waals surface area contributed by atoms with Gasteiger partial charge < -0.3 is 0 Å². The molecule has 0 aliphatic rings. The summed E-state index contributed by atoms with van der Waals surface area (Å²) in [6.45, 7) is 0.604. The van der Waals surface area contributed by atoms with Gasteiger partial charge >= 0.3 is 0 Å². The van der Waals surface area contributed by atoms with Gasteiger partial charge in [-0.1, -0.05) is 47.7 Å². The number of hydrogen-bond donors (Lipinski definition) is 1. The van der Waals surface area contributed by atoms with E-state index in [1.807, 2.05) is 90.6 Å². The predicted octanol–water partition coefficient (Wildman–Crippen LogP) is 3.26. The number of hydrazine groups is 1. The summed E-state index contributed by atoms with van der Waals surface area (Å²) < 4.78 is 1.85. The fourth-order valence-electron chi connectivity index (χ4n) is 2.90. The zero-order chi connectivity index (χ0) is 18.6. The topological polar surface area (TPSA) is 63.1 Å². The molecule has 3 aromatic carbocycles. The Bertz CT molecular complexity index is 1060. The average molecular weight is 357 g/mol. The molecule has 1 N–H and O–H groups in total. The van der Waals surface area contributed by atoms with Gasteiger partial charge in [-0.3, -0.25) is 15.2 Å². The van der Waals surface area contributed by atoms with Crippen molar-refractivity contribution in [3.05, 3.63) is 90.0 Å². The summed E-state index contributed by atoms with van der Waals surface area (Å²) in [4.78, 5) is 12.5. The van der Waals surface area contributed by atoms with Crippen LogP contribution in [0.4, 0.5) is 5.69 Å². The summed E-state index contributed by atoms with van der Waals surface area (Å²) in [5, 5.41) is 10.1. The van der Waals surface area contributed by atoms with Crippen LogP contribution in [0.5, 0.6) is 0 Å². The number of nitrogens with one attached hydrogen (secondary N) is 1. The molecule has 0 radical (unpaired) electrons. The van der Waals surface area contributed by atoms with Crippen molar-refractivity contribution in [1.82, 2.24) is 20.4 Å². The van der Waals surface area contributed by atoms with Crippen LogP contribution in [-0.4, -0.2) is 27.9 Å². The molecule has 0 aliphatic carbocycles. The number of hydrogen-bond acceptors (Lipinski definition) is 4. The summed E-state index contributed by atoms with van der Waals surface area (Å²) in [5.41, 5.74) is 7.30. The lowest BCUT2D eigenvalue weighted by atomic mass is 10.1. The Morgan fingerprint density at radius 1 is 0.963 bits per heavy atom. The Balaban J connectivity index is 1.45. The third-order valence-corrected chi connectivity index (χ3v) is 4.38. The summed E-state index contributed by atoms with van der Waals surface area (Å²) >= 11 is 0. The molecule has 0 fully saturated rings. The summed E-state index contributed by atoms with van der Waals surface area (Å²) in [6.07, 6.45) is 0.